The molecule has 0 amide bonds. The molecule has 3 rings (SSSR count). The lowest BCUT2D eigenvalue weighted by Crippen LogP contribution is -2.39. The Morgan fingerprint density at radius 3 is 3.50 bits per heavy atom. The zero-order valence-corrected chi connectivity index (χ0v) is 6.66. The molecule has 5 nitrogen and oxygen atoms in total. The fraction of sp³-hybridized carbons (Fsp3) is 0.714. The van der Waals surface area contributed by atoms with Gasteiger partial charge in [0.15, 0.2) is 0 Å². The van der Waals surface area contributed by atoms with Gasteiger partial charge in [-0.25, -0.2) is 4.63 Å². The van der Waals surface area contributed by atoms with E-state index in [0.29, 0.717) is 6.04 Å². The Hall–Kier alpha value is -1.26. The maximum Gasteiger partial charge on any atom is 0.218 e. The predicted octanol–water partition coefficient (Wildman–Crippen LogP) is 0.464. The largest absolute Gasteiger partial charge is 0.362 e. The first-order valence-electron chi connectivity index (χ1n) is 4.28. The first kappa shape index (κ1) is 6.28. The Kier molecular flexibility index (Phi) is 1.11. The standard InChI is InChI=1S/C7H10N4O/c1-2-5-4-8-6-7(10-12-9-6)11(5)3-1/h5H,1-4H2,(H,8,9)/t5-/m1/s1. The Balaban J connectivity index is 2.04. The zero-order chi connectivity index (χ0) is 7.97. The van der Waals surface area contributed by atoms with Crippen LogP contribution < -0.4 is 10.2 Å². The van der Waals surface area contributed by atoms with Crippen LogP contribution in [0.15, 0.2) is 4.63 Å². The maximum absolute atomic E-state index is 4.67. The Morgan fingerprint density at radius 1 is 1.50 bits per heavy atom. The summed E-state index contributed by atoms with van der Waals surface area (Å²) in [4.78, 5) is 2.28. The van der Waals surface area contributed by atoms with E-state index in [2.05, 4.69) is 25.2 Å². The van der Waals surface area contributed by atoms with E-state index < -0.39 is 0 Å². The van der Waals surface area contributed by atoms with Gasteiger partial charge in [0.1, 0.15) is 0 Å². The number of hydrogen-bond donors (Lipinski definition) is 1. The van der Waals surface area contributed by atoms with Gasteiger partial charge in [0.05, 0.1) is 0 Å². The molecule has 12 heavy (non-hydrogen) atoms. The Morgan fingerprint density at radius 2 is 2.50 bits per heavy atom. The lowest BCUT2D eigenvalue weighted by molar-refractivity contribution is 0.309. The van der Waals surface area contributed by atoms with Crippen LogP contribution in [-0.4, -0.2) is 29.4 Å². The van der Waals surface area contributed by atoms with Crippen LogP contribution in [0.3, 0.4) is 0 Å². The SMILES string of the molecule is C1C[C@@H]2CNc3nonc3N2C1. The van der Waals surface area contributed by atoms with Crippen LogP contribution in [0.4, 0.5) is 11.6 Å². The highest BCUT2D eigenvalue weighted by atomic mass is 16.6. The maximum atomic E-state index is 4.67. The second kappa shape index (κ2) is 2.12. The normalized spacial score (nSPS) is 26.3. The van der Waals surface area contributed by atoms with Crippen molar-refractivity contribution in [1.29, 1.82) is 0 Å². The van der Waals surface area contributed by atoms with Gasteiger partial charge >= 0.3 is 0 Å². The van der Waals surface area contributed by atoms with Crippen molar-refractivity contribution < 1.29 is 4.63 Å². The molecule has 1 aromatic heterocycles. The first-order chi connectivity index (χ1) is 5.95. The summed E-state index contributed by atoms with van der Waals surface area (Å²) in [5, 5.41) is 10.9. The van der Waals surface area contributed by atoms with Crippen LogP contribution in [0.1, 0.15) is 12.8 Å². The van der Waals surface area contributed by atoms with Crippen molar-refractivity contribution in [2.75, 3.05) is 23.3 Å². The van der Waals surface area contributed by atoms with Gasteiger partial charge in [-0.2, -0.15) is 0 Å². The minimum atomic E-state index is 0.601. The molecule has 0 radical (unpaired) electrons. The monoisotopic (exact) mass is 166 g/mol. The molecular weight excluding hydrogens is 156 g/mol. The van der Waals surface area contributed by atoms with Gasteiger partial charge in [-0.15, -0.1) is 0 Å². The van der Waals surface area contributed by atoms with Gasteiger partial charge in [0.25, 0.3) is 0 Å². The summed E-state index contributed by atoms with van der Waals surface area (Å²) in [5.74, 6) is 1.69. The number of hydrogen-bond acceptors (Lipinski definition) is 5. The van der Waals surface area contributed by atoms with Crippen LogP contribution in [0.25, 0.3) is 0 Å². The van der Waals surface area contributed by atoms with Gasteiger partial charge in [0, 0.05) is 19.1 Å². The van der Waals surface area contributed by atoms with Crippen molar-refractivity contribution in [3.8, 4) is 0 Å². The van der Waals surface area contributed by atoms with E-state index in [1.54, 1.807) is 0 Å². The first-order valence-corrected chi connectivity index (χ1v) is 4.28. The summed E-state index contributed by atoms with van der Waals surface area (Å²) in [6.07, 6.45) is 2.50. The molecule has 1 aromatic rings. The van der Waals surface area contributed by atoms with E-state index in [1.807, 2.05) is 0 Å². The zero-order valence-electron chi connectivity index (χ0n) is 6.66. The van der Waals surface area contributed by atoms with Gasteiger partial charge in [0.2, 0.25) is 11.6 Å². The molecule has 0 unspecified atom stereocenters. The topological polar surface area (TPSA) is 54.2 Å². The molecule has 64 valence electrons. The molecular formula is C7H10N4O. The van der Waals surface area contributed by atoms with E-state index in [9.17, 15) is 0 Å². The summed E-state index contributed by atoms with van der Waals surface area (Å²) in [6.45, 7) is 2.06. The average molecular weight is 166 g/mol. The summed E-state index contributed by atoms with van der Waals surface area (Å²) in [7, 11) is 0. The van der Waals surface area contributed by atoms with Gasteiger partial charge < -0.3 is 10.2 Å². The third kappa shape index (κ3) is 0.680. The molecule has 1 fully saturated rings. The molecule has 0 spiro atoms. The Bertz CT molecular complexity index is 297. The molecule has 2 aliphatic heterocycles. The second-order valence-electron chi connectivity index (χ2n) is 3.31. The lowest BCUT2D eigenvalue weighted by atomic mass is 10.2. The summed E-state index contributed by atoms with van der Waals surface area (Å²) >= 11 is 0. The minimum Gasteiger partial charge on any atom is -0.362 e. The fourth-order valence-corrected chi connectivity index (χ4v) is 2.03. The molecule has 0 aromatic carbocycles. The van der Waals surface area contributed by atoms with E-state index in [4.69, 9.17) is 0 Å². The molecule has 2 aliphatic rings. The van der Waals surface area contributed by atoms with Crippen LogP contribution in [0.2, 0.25) is 0 Å². The van der Waals surface area contributed by atoms with Crippen LogP contribution in [-0.2, 0) is 0 Å². The lowest BCUT2D eigenvalue weighted by Gasteiger charge is -2.28. The quantitative estimate of drug-likeness (QED) is 0.607. The minimum absolute atomic E-state index is 0.601. The number of rotatable bonds is 0. The van der Waals surface area contributed by atoms with Crippen molar-refractivity contribution in [2.45, 2.75) is 18.9 Å². The fourth-order valence-electron chi connectivity index (χ4n) is 2.03. The molecule has 1 saturated heterocycles. The molecule has 0 saturated carbocycles. The van der Waals surface area contributed by atoms with Crippen LogP contribution in [0.5, 0.6) is 0 Å². The number of aromatic nitrogens is 2. The van der Waals surface area contributed by atoms with Crippen molar-refractivity contribution in [2.24, 2.45) is 0 Å². The van der Waals surface area contributed by atoms with Crippen molar-refractivity contribution in [3.63, 3.8) is 0 Å². The smallest absolute Gasteiger partial charge is 0.218 e. The van der Waals surface area contributed by atoms with Crippen LogP contribution >= 0.6 is 0 Å². The number of nitrogens with one attached hydrogen (secondary N) is 1. The molecule has 1 atom stereocenters. The third-order valence-electron chi connectivity index (χ3n) is 2.63. The second-order valence-corrected chi connectivity index (χ2v) is 3.31. The average Bonchev–Trinajstić information content (AvgIpc) is 2.71. The van der Waals surface area contributed by atoms with Crippen molar-refractivity contribution in [3.05, 3.63) is 0 Å². The van der Waals surface area contributed by atoms with E-state index in [1.165, 1.54) is 12.8 Å². The van der Waals surface area contributed by atoms with Gasteiger partial charge in [-0.1, -0.05) is 0 Å². The van der Waals surface area contributed by atoms with Gasteiger partial charge in [-0.3, -0.25) is 0 Å². The molecule has 5 heteroatoms. The van der Waals surface area contributed by atoms with E-state index in [0.717, 1.165) is 24.7 Å². The van der Waals surface area contributed by atoms with Crippen molar-refractivity contribution >= 4 is 11.6 Å². The number of anilines is 2. The molecule has 1 N–H and O–H groups in total. The van der Waals surface area contributed by atoms with E-state index in [-0.39, 0.29) is 0 Å². The molecule has 3 heterocycles. The summed E-state index contributed by atoms with van der Waals surface area (Å²) in [6, 6.07) is 0.601. The highest BCUT2D eigenvalue weighted by Crippen LogP contribution is 2.32. The Labute approximate surface area is 69.7 Å². The van der Waals surface area contributed by atoms with Crippen LogP contribution in [0, 0.1) is 0 Å². The van der Waals surface area contributed by atoms with Gasteiger partial charge in [-0.05, 0) is 23.2 Å². The summed E-state index contributed by atoms with van der Waals surface area (Å²) in [5.41, 5.74) is 0. The summed E-state index contributed by atoms with van der Waals surface area (Å²) < 4.78 is 4.67. The highest BCUT2D eigenvalue weighted by molar-refractivity contribution is 5.63. The third-order valence-corrected chi connectivity index (χ3v) is 2.63. The number of nitrogens with zero attached hydrogens (tertiary/aromatic N) is 3. The number of fused-ring (bicyclic) bond motifs is 3. The highest BCUT2D eigenvalue weighted by Gasteiger charge is 2.33. The molecule has 0 bridgehead atoms. The van der Waals surface area contributed by atoms with E-state index >= 15 is 0 Å². The predicted molar refractivity (Wildman–Crippen MR) is 43.2 cm³/mol. The molecule has 0 aliphatic carbocycles. The van der Waals surface area contributed by atoms with Crippen molar-refractivity contribution in [1.82, 2.24) is 10.3 Å².